The Morgan fingerprint density at radius 3 is 3.11 bits per heavy atom. The maximum absolute atomic E-state index is 8.92. The Balaban J connectivity index is 2.25. The fourth-order valence-electron chi connectivity index (χ4n) is 2.34. The summed E-state index contributed by atoms with van der Waals surface area (Å²) in [6.45, 7) is 5.36. The van der Waals surface area contributed by atoms with Gasteiger partial charge in [0.1, 0.15) is 5.75 Å². The van der Waals surface area contributed by atoms with Crippen molar-refractivity contribution in [3.8, 4) is 11.8 Å². The van der Waals surface area contributed by atoms with Gasteiger partial charge in [0.15, 0.2) is 0 Å². The molecule has 1 aliphatic rings. The van der Waals surface area contributed by atoms with E-state index in [2.05, 4.69) is 22.4 Å². The Labute approximate surface area is 108 Å². The largest absolute Gasteiger partial charge is 0.492 e. The minimum absolute atomic E-state index is 0.227. The molecule has 4 nitrogen and oxygen atoms in total. The van der Waals surface area contributed by atoms with Gasteiger partial charge in [0, 0.05) is 19.6 Å². The molecule has 1 N–H and O–H groups in total. The van der Waals surface area contributed by atoms with Crippen LogP contribution in [-0.2, 0) is 0 Å². The zero-order chi connectivity index (χ0) is 12.8. The van der Waals surface area contributed by atoms with E-state index in [1.807, 2.05) is 25.1 Å². The minimum atomic E-state index is 0.227. The highest BCUT2D eigenvalue weighted by Crippen LogP contribution is 2.30. The number of nitriles is 1. The van der Waals surface area contributed by atoms with Crippen LogP contribution in [0.4, 0.5) is 5.69 Å². The smallest absolute Gasteiger partial charge is 0.142 e. The average molecular weight is 245 g/mol. The van der Waals surface area contributed by atoms with Gasteiger partial charge in [-0.25, -0.2) is 0 Å². The molecule has 1 aromatic rings. The number of nitrogens with one attached hydrogen (secondary N) is 1. The highest BCUT2D eigenvalue weighted by atomic mass is 16.5. The molecule has 4 heteroatoms. The number of benzene rings is 1. The van der Waals surface area contributed by atoms with Gasteiger partial charge in [-0.15, -0.1) is 0 Å². The Bertz CT molecular complexity index is 427. The molecule has 1 fully saturated rings. The van der Waals surface area contributed by atoms with Gasteiger partial charge in [-0.05, 0) is 19.1 Å². The lowest BCUT2D eigenvalue weighted by Crippen LogP contribution is -2.51. The van der Waals surface area contributed by atoms with Crippen LogP contribution in [0.3, 0.4) is 0 Å². The first-order chi connectivity index (χ1) is 8.86. The summed E-state index contributed by atoms with van der Waals surface area (Å²) in [6.07, 6.45) is 0.535. The molecular formula is C14H19N3O. The van der Waals surface area contributed by atoms with Gasteiger partial charge in [-0.3, -0.25) is 0 Å². The molecule has 2 rings (SSSR count). The van der Waals surface area contributed by atoms with Gasteiger partial charge < -0.3 is 15.0 Å². The minimum Gasteiger partial charge on any atom is -0.492 e. The maximum Gasteiger partial charge on any atom is 0.142 e. The summed E-state index contributed by atoms with van der Waals surface area (Å²) in [4.78, 5) is 2.28. The quantitative estimate of drug-likeness (QED) is 0.878. The van der Waals surface area contributed by atoms with Crippen molar-refractivity contribution in [2.45, 2.75) is 19.4 Å². The highest BCUT2D eigenvalue weighted by Gasteiger charge is 2.24. The molecule has 1 heterocycles. The van der Waals surface area contributed by atoms with Crippen LogP contribution in [0.2, 0.25) is 0 Å². The number of nitrogens with zero attached hydrogens (tertiary/aromatic N) is 2. The molecule has 1 atom stereocenters. The lowest BCUT2D eigenvalue weighted by atomic mass is 10.1. The number of piperazine rings is 1. The monoisotopic (exact) mass is 245 g/mol. The standard InChI is InChI=1S/C14H19N3O/c1-2-18-14-6-4-3-5-13(14)17-10-9-16-11-12(17)7-8-15/h3-6,12,16H,2,7,9-11H2,1H3. The summed E-state index contributed by atoms with van der Waals surface area (Å²) >= 11 is 0. The summed E-state index contributed by atoms with van der Waals surface area (Å²) in [5.74, 6) is 0.907. The van der Waals surface area contributed by atoms with E-state index in [0.29, 0.717) is 13.0 Å². The second kappa shape index (κ2) is 6.27. The fraction of sp³-hybridized carbons (Fsp3) is 0.500. The predicted molar refractivity (Wildman–Crippen MR) is 71.8 cm³/mol. The molecular weight excluding hydrogens is 226 g/mol. The number of hydrogen-bond donors (Lipinski definition) is 1. The number of rotatable bonds is 4. The Morgan fingerprint density at radius 2 is 2.33 bits per heavy atom. The highest BCUT2D eigenvalue weighted by molar-refractivity contribution is 5.59. The van der Waals surface area contributed by atoms with Crippen molar-refractivity contribution in [2.75, 3.05) is 31.1 Å². The van der Waals surface area contributed by atoms with Crippen molar-refractivity contribution in [3.63, 3.8) is 0 Å². The second-order valence-corrected chi connectivity index (χ2v) is 4.31. The molecule has 0 aliphatic carbocycles. The summed E-state index contributed by atoms with van der Waals surface area (Å²) in [6, 6.07) is 10.6. The number of hydrogen-bond acceptors (Lipinski definition) is 4. The molecule has 1 saturated heterocycles. The first-order valence-corrected chi connectivity index (χ1v) is 6.43. The Kier molecular flexibility index (Phi) is 4.43. The van der Waals surface area contributed by atoms with Gasteiger partial charge in [-0.1, -0.05) is 12.1 Å². The molecule has 18 heavy (non-hydrogen) atoms. The van der Waals surface area contributed by atoms with Crippen LogP contribution in [0, 0.1) is 11.3 Å². The van der Waals surface area contributed by atoms with Crippen LogP contribution in [-0.4, -0.2) is 32.3 Å². The number of ether oxygens (including phenoxy) is 1. The van der Waals surface area contributed by atoms with Crippen molar-refractivity contribution in [1.29, 1.82) is 5.26 Å². The van der Waals surface area contributed by atoms with Crippen molar-refractivity contribution in [3.05, 3.63) is 24.3 Å². The second-order valence-electron chi connectivity index (χ2n) is 4.31. The van der Waals surface area contributed by atoms with E-state index >= 15 is 0 Å². The van der Waals surface area contributed by atoms with E-state index in [-0.39, 0.29) is 6.04 Å². The molecule has 0 aromatic heterocycles. The molecule has 0 amide bonds. The van der Waals surface area contributed by atoms with E-state index < -0.39 is 0 Å². The molecule has 96 valence electrons. The molecule has 0 saturated carbocycles. The molecule has 0 spiro atoms. The molecule has 0 bridgehead atoms. The van der Waals surface area contributed by atoms with Crippen molar-refractivity contribution >= 4 is 5.69 Å². The summed E-state index contributed by atoms with van der Waals surface area (Å²) in [5.41, 5.74) is 1.10. The third-order valence-corrected chi connectivity index (χ3v) is 3.15. The van der Waals surface area contributed by atoms with E-state index in [4.69, 9.17) is 10.00 Å². The normalized spacial score (nSPS) is 19.3. The van der Waals surface area contributed by atoms with Crippen molar-refractivity contribution in [2.24, 2.45) is 0 Å². The van der Waals surface area contributed by atoms with Gasteiger partial charge in [0.05, 0.1) is 30.8 Å². The lowest BCUT2D eigenvalue weighted by Gasteiger charge is -2.37. The third-order valence-electron chi connectivity index (χ3n) is 3.15. The van der Waals surface area contributed by atoms with Crippen LogP contribution in [0.5, 0.6) is 5.75 Å². The Morgan fingerprint density at radius 1 is 1.50 bits per heavy atom. The van der Waals surface area contributed by atoms with Crippen LogP contribution in [0.1, 0.15) is 13.3 Å². The molecule has 1 aliphatic heterocycles. The zero-order valence-electron chi connectivity index (χ0n) is 10.7. The summed E-state index contributed by atoms with van der Waals surface area (Å²) in [7, 11) is 0. The number of para-hydroxylation sites is 2. The third kappa shape index (κ3) is 2.74. The summed E-state index contributed by atoms with van der Waals surface area (Å²) in [5, 5.41) is 12.3. The van der Waals surface area contributed by atoms with E-state index in [1.54, 1.807) is 0 Å². The first-order valence-electron chi connectivity index (χ1n) is 6.43. The average Bonchev–Trinajstić information content (AvgIpc) is 2.41. The van der Waals surface area contributed by atoms with E-state index in [9.17, 15) is 0 Å². The maximum atomic E-state index is 8.92. The Hall–Kier alpha value is -1.73. The van der Waals surface area contributed by atoms with Crippen LogP contribution >= 0.6 is 0 Å². The van der Waals surface area contributed by atoms with Crippen LogP contribution in [0.25, 0.3) is 0 Å². The SMILES string of the molecule is CCOc1ccccc1N1CCNCC1CC#N. The van der Waals surface area contributed by atoms with E-state index in [0.717, 1.165) is 31.1 Å². The molecule has 1 unspecified atom stereocenters. The topological polar surface area (TPSA) is 48.3 Å². The summed E-state index contributed by atoms with van der Waals surface area (Å²) < 4.78 is 5.67. The van der Waals surface area contributed by atoms with Gasteiger partial charge in [0.25, 0.3) is 0 Å². The van der Waals surface area contributed by atoms with Gasteiger partial charge in [-0.2, -0.15) is 5.26 Å². The van der Waals surface area contributed by atoms with Crippen molar-refractivity contribution < 1.29 is 4.74 Å². The molecule has 0 radical (unpaired) electrons. The van der Waals surface area contributed by atoms with Gasteiger partial charge in [0.2, 0.25) is 0 Å². The zero-order valence-corrected chi connectivity index (χ0v) is 10.7. The lowest BCUT2D eigenvalue weighted by molar-refractivity contribution is 0.338. The van der Waals surface area contributed by atoms with E-state index in [1.165, 1.54) is 0 Å². The van der Waals surface area contributed by atoms with Crippen LogP contribution in [0.15, 0.2) is 24.3 Å². The molecule has 1 aromatic carbocycles. The predicted octanol–water partition coefficient (Wildman–Crippen LogP) is 1.78. The van der Waals surface area contributed by atoms with Crippen LogP contribution < -0.4 is 15.0 Å². The van der Waals surface area contributed by atoms with Gasteiger partial charge >= 0.3 is 0 Å². The number of anilines is 1. The first kappa shape index (κ1) is 12.7. The fourth-order valence-corrected chi connectivity index (χ4v) is 2.34. The van der Waals surface area contributed by atoms with Crippen molar-refractivity contribution in [1.82, 2.24) is 5.32 Å².